The predicted molar refractivity (Wildman–Crippen MR) is 141 cm³/mol. The molecule has 8 heteroatoms. The van der Waals surface area contributed by atoms with E-state index in [2.05, 4.69) is 36.8 Å². The molecule has 2 aromatic carbocycles. The fourth-order valence-corrected chi connectivity index (χ4v) is 4.04. The normalized spacial score (nSPS) is 12.7. The summed E-state index contributed by atoms with van der Waals surface area (Å²) in [6.45, 7) is 11.4. The number of nitrogens with one attached hydrogen (secondary N) is 1. The molecule has 1 aromatic heterocycles. The molecule has 3 rings (SSSR count). The summed E-state index contributed by atoms with van der Waals surface area (Å²) in [4.78, 5) is 4.83. The first-order valence-electron chi connectivity index (χ1n) is 12.2. The zero-order chi connectivity index (χ0) is 26.5. The molecule has 4 N–H and O–H groups in total. The highest BCUT2D eigenvalue weighted by Crippen LogP contribution is 2.26. The predicted octanol–water partition coefficient (Wildman–Crippen LogP) is 3.77. The van der Waals surface area contributed by atoms with Crippen molar-refractivity contribution in [3.63, 3.8) is 0 Å². The van der Waals surface area contributed by atoms with Gasteiger partial charge in [-0.05, 0) is 37.1 Å². The highest BCUT2D eigenvalue weighted by Gasteiger charge is 2.21. The number of hydrazine groups is 1. The zero-order valence-corrected chi connectivity index (χ0v) is 22.0. The van der Waals surface area contributed by atoms with Crippen molar-refractivity contribution in [2.45, 2.75) is 58.9 Å². The Hall–Kier alpha value is -3.22. The minimum Gasteiger partial charge on any atom is -0.490 e. The summed E-state index contributed by atoms with van der Waals surface area (Å²) in [6, 6.07) is 15.4. The number of aromatic nitrogens is 2. The standard InChI is InChI=1S/C28H37N5O3/c1-19(2)36-25-12-11-22(15-23(25)16-29)26(35)31-33(13-14-34)17-20-7-9-21(10-8-20)24-18-32(6)27(30-24)28(3,4)5/h7-12,15,18-19,26,31,34-35H,13-14,17H2,1-6H3/p+1. The van der Waals surface area contributed by atoms with Gasteiger partial charge in [-0.15, -0.1) is 0 Å². The Balaban J connectivity index is 1.71. The van der Waals surface area contributed by atoms with Gasteiger partial charge in [0.25, 0.3) is 0 Å². The van der Waals surface area contributed by atoms with Gasteiger partial charge in [-0.25, -0.2) is 15.4 Å². The molecule has 0 radical (unpaired) electrons. The van der Waals surface area contributed by atoms with Gasteiger partial charge in [-0.1, -0.05) is 51.1 Å². The van der Waals surface area contributed by atoms with E-state index in [4.69, 9.17) is 14.8 Å². The maximum Gasteiger partial charge on any atom is 0.158 e. The number of ether oxygens (including phenoxy) is 1. The fraction of sp³-hybridized carbons (Fsp3) is 0.429. The van der Waals surface area contributed by atoms with Gasteiger partial charge >= 0.3 is 0 Å². The van der Waals surface area contributed by atoms with Crippen LogP contribution in [0.4, 0.5) is 0 Å². The second-order valence-corrected chi connectivity index (χ2v) is 10.2. The van der Waals surface area contributed by atoms with Crippen molar-refractivity contribution in [3.8, 4) is 23.1 Å². The average Bonchev–Trinajstić information content (AvgIpc) is 3.21. The van der Waals surface area contributed by atoms with Crippen LogP contribution >= 0.6 is 0 Å². The van der Waals surface area contributed by atoms with Gasteiger partial charge in [0.05, 0.1) is 23.9 Å². The number of nitrogens with zero attached hydrogens (tertiary/aromatic N) is 4. The Labute approximate surface area is 213 Å². The van der Waals surface area contributed by atoms with E-state index in [9.17, 15) is 10.4 Å². The number of aliphatic hydroxyl groups excluding tert-OH is 1. The van der Waals surface area contributed by atoms with Gasteiger partial charge in [0.15, 0.2) is 6.61 Å². The Morgan fingerprint density at radius 1 is 1.19 bits per heavy atom. The maximum atomic E-state index is 10.8. The number of aryl methyl sites for hydroxylation is 1. The maximum absolute atomic E-state index is 10.8. The topological polar surface area (TPSA) is 109 Å². The van der Waals surface area contributed by atoms with E-state index in [0.717, 1.165) is 22.6 Å². The van der Waals surface area contributed by atoms with Crippen LogP contribution in [0.15, 0.2) is 48.7 Å². The Morgan fingerprint density at radius 2 is 1.89 bits per heavy atom. The molecule has 0 fully saturated rings. The third-order valence-corrected chi connectivity index (χ3v) is 5.66. The first-order chi connectivity index (χ1) is 17.0. The summed E-state index contributed by atoms with van der Waals surface area (Å²) < 4.78 is 7.74. The number of hydrogen-bond acceptors (Lipinski definition) is 6. The fourth-order valence-electron chi connectivity index (χ4n) is 4.04. The second-order valence-electron chi connectivity index (χ2n) is 10.2. The molecule has 1 heterocycles. The zero-order valence-electron chi connectivity index (χ0n) is 22.0. The molecule has 0 aliphatic carbocycles. The summed E-state index contributed by atoms with van der Waals surface area (Å²) in [5.74, 6) is 1.53. The van der Waals surface area contributed by atoms with Crippen LogP contribution < -0.4 is 10.2 Å². The van der Waals surface area contributed by atoms with Gasteiger partial charge in [-0.2, -0.15) is 5.26 Å². The van der Waals surface area contributed by atoms with E-state index >= 15 is 0 Å². The van der Waals surface area contributed by atoms with Crippen LogP contribution in [0.2, 0.25) is 0 Å². The lowest BCUT2D eigenvalue weighted by atomic mass is 9.96. The highest BCUT2D eigenvalue weighted by atomic mass is 16.5. The van der Waals surface area contributed by atoms with E-state index in [0.29, 0.717) is 30.0 Å². The first kappa shape index (κ1) is 27.4. The monoisotopic (exact) mass is 492 g/mol. The van der Waals surface area contributed by atoms with Crippen molar-refractivity contribution in [3.05, 3.63) is 71.2 Å². The van der Waals surface area contributed by atoms with Gasteiger partial charge in [0.1, 0.15) is 23.9 Å². The van der Waals surface area contributed by atoms with Crippen molar-refractivity contribution < 1.29 is 14.9 Å². The van der Waals surface area contributed by atoms with Crippen LogP contribution in [0.1, 0.15) is 63.4 Å². The Kier molecular flexibility index (Phi) is 8.88. The minimum absolute atomic E-state index is 0.0357. The van der Waals surface area contributed by atoms with Crippen LogP contribution in [0.5, 0.6) is 5.75 Å². The average molecular weight is 493 g/mol. The van der Waals surface area contributed by atoms with E-state index in [1.807, 2.05) is 56.4 Å². The van der Waals surface area contributed by atoms with Gasteiger partial charge in [0, 0.05) is 30.8 Å². The lowest BCUT2D eigenvalue weighted by molar-refractivity contribution is 0.0195. The molecule has 0 saturated carbocycles. The SMILES string of the molecule is CC(C)Oc1ccc(C(O)NN(CC[OH2+])Cc2ccc(-c3cn(C)c(C(C)(C)C)n3)cc2)cc1C#N. The van der Waals surface area contributed by atoms with Crippen LogP contribution in [0, 0.1) is 11.3 Å². The van der Waals surface area contributed by atoms with Gasteiger partial charge in [-0.3, -0.25) is 0 Å². The molecule has 192 valence electrons. The summed E-state index contributed by atoms with van der Waals surface area (Å²) >= 11 is 0. The lowest BCUT2D eigenvalue weighted by Gasteiger charge is -2.25. The third-order valence-electron chi connectivity index (χ3n) is 5.66. The van der Waals surface area contributed by atoms with Crippen molar-refractivity contribution in [1.29, 1.82) is 5.26 Å². The largest absolute Gasteiger partial charge is 0.490 e. The summed E-state index contributed by atoms with van der Waals surface area (Å²) in [5.41, 5.74) is 6.97. The molecule has 3 aromatic rings. The minimum atomic E-state index is -1.03. The molecule has 0 aliphatic rings. The van der Waals surface area contributed by atoms with Gasteiger partial charge in [0.2, 0.25) is 0 Å². The number of hydrogen-bond donors (Lipinski definition) is 2. The smallest absolute Gasteiger partial charge is 0.158 e. The van der Waals surface area contributed by atoms with Crippen LogP contribution in [-0.4, -0.2) is 44.0 Å². The number of rotatable bonds is 10. The van der Waals surface area contributed by atoms with Crippen LogP contribution in [0.3, 0.4) is 0 Å². The second kappa shape index (κ2) is 11.7. The van der Waals surface area contributed by atoms with E-state index < -0.39 is 6.23 Å². The molecule has 0 saturated heterocycles. The molecule has 0 amide bonds. The van der Waals surface area contributed by atoms with Gasteiger partial charge < -0.3 is 19.5 Å². The Morgan fingerprint density at radius 3 is 2.44 bits per heavy atom. The lowest BCUT2D eigenvalue weighted by Crippen LogP contribution is -2.41. The van der Waals surface area contributed by atoms with Crippen LogP contribution in [0.25, 0.3) is 11.3 Å². The first-order valence-corrected chi connectivity index (χ1v) is 12.2. The molecular weight excluding hydrogens is 454 g/mol. The molecule has 0 bridgehead atoms. The van der Waals surface area contributed by atoms with Crippen molar-refractivity contribution in [2.75, 3.05) is 13.2 Å². The molecule has 1 atom stereocenters. The number of benzene rings is 2. The Bertz CT molecular complexity index is 1190. The molecular formula is C28H38N5O3+. The number of nitriles is 1. The van der Waals surface area contributed by atoms with E-state index in [-0.39, 0.29) is 18.1 Å². The van der Waals surface area contributed by atoms with Crippen molar-refractivity contribution in [1.82, 2.24) is 20.0 Å². The molecule has 0 spiro atoms. The van der Waals surface area contributed by atoms with Crippen LogP contribution in [-0.2, 0) is 19.0 Å². The van der Waals surface area contributed by atoms with E-state index in [1.165, 1.54) is 0 Å². The molecule has 8 nitrogen and oxygen atoms in total. The number of imidazole rings is 1. The third kappa shape index (κ3) is 6.93. The highest BCUT2D eigenvalue weighted by molar-refractivity contribution is 5.59. The van der Waals surface area contributed by atoms with E-state index in [1.54, 1.807) is 18.2 Å². The van der Waals surface area contributed by atoms with Crippen molar-refractivity contribution >= 4 is 0 Å². The summed E-state index contributed by atoms with van der Waals surface area (Å²) in [5, 5.41) is 29.8. The summed E-state index contributed by atoms with van der Waals surface area (Å²) in [6.07, 6.45) is 0.968. The molecule has 1 unspecified atom stereocenters. The molecule has 0 aliphatic heterocycles. The summed E-state index contributed by atoms with van der Waals surface area (Å²) in [7, 11) is 2.02. The van der Waals surface area contributed by atoms with Crippen molar-refractivity contribution in [2.24, 2.45) is 7.05 Å². The molecule has 36 heavy (non-hydrogen) atoms. The number of aliphatic hydroxyl groups is 1. The quantitative estimate of drug-likeness (QED) is 0.253.